The summed E-state index contributed by atoms with van der Waals surface area (Å²) in [5.74, 6) is -0.297. The van der Waals surface area contributed by atoms with Gasteiger partial charge >= 0.3 is 0 Å². The van der Waals surface area contributed by atoms with E-state index < -0.39 is 5.91 Å². The van der Waals surface area contributed by atoms with Crippen LogP contribution in [0.15, 0.2) is 42.5 Å². The highest BCUT2D eigenvalue weighted by molar-refractivity contribution is 7.18. The Labute approximate surface area is 142 Å². The zero-order valence-electron chi connectivity index (χ0n) is 12.9. The Morgan fingerprint density at radius 3 is 2.67 bits per heavy atom. The summed E-state index contributed by atoms with van der Waals surface area (Å²) in [6.07, 6.45) is 0. The number of nitrogens with one attached hydrogen (secondary N) is 1. The maximum Gasteiger partial charge on any atom is 0.255 e. The van der Waals surface area contributed by atoms with Gasteiger partial charge < -0.3 is 15.8 Å². The maximum atomic E-state index is 12.3. The van der Waals surface area contributed by atoms with Gasteiger partial charge in [-0.05, 0) is 49.4 Å². The summed E-state index contributed by atoms with van der Waals surface area (Å²) in [5.41, 5.74) is 7.14. The van der Waals surface area contributed by atoms with Gasteiger partial charge in [-0.15, -0.1) is 11.3 Å². The van der Waals surface area contributed by atoms with Gasteiger partial charge in [-0.3, -0.25) is 9.59 Å². The number of nitrogens with two attached hydrogens (primary N) is 1. The molecule has 0 fully saturated rings. The Morgan fingerprint density at radius 1 is 1.21 bits per heavy atom. The summed E-state index contributed by atoms with van der Waals surface area (Å²) in [6.45, 7) is 1.75. The molecular formula is C17H15N3O3S. The largest absolute Gasteiger partial charge is 0.484 e. The number of carbonyl (C=O) groups excluding carboxylic acids is 2. The fraction of sp³-hybridized carbons (Fsp3) is 0.118. The van der Waals surface area contributed by atoms with Crippen LogP contribution in [0.5, 0.6) is 5.75 Å². The summed E-state index contributed by atoms with van der Waals surface area (Å²) in [4.78, 5) is 27.4. The normalized spacial score (nSPS) is 10.5. The summed E-state index contributed by atoms with van der Waals surface area (Å²) in [5, 5.41) is 3.84. The van der Waals surface area contributed by atoms with Crippen LogP contribution in [-0.4, -0.2) is 23.4 Å². The molecule has 0 bridgehead atoms. The lowest BCUT2D eigenvalue weighted by atomic mass is 10.2. The molecule has 1 heterocycles. The minimum atomic E-state index is -0.550. The lowest BCUT2D eigenvalue weighted by molar-refractivity contribution is -0.119. The molecule has 0 aliphatic carbocycles. The van der Waals surface area contributed by atoms with Crippen LogP contribution in [0.2, 0.25) is 0 Å². The number of carbonyl (C=O) groups is 2. The number of aromatic nitrogens is 1. The molecule has 24 heavy (non-hydrogen) atoms. The molecule has 6 nitrogen and oxygen atoms in total. The number of hydrogen-bond acceptors (Lipinski definition) is 5. The second kappa shape index (κ2) is 6.67. The van der Waals surface area contributed by atoms with E-state index >= 15 is 0 Å². The molecule has 0 aliphatic rings. The summed E-state index contributed by atoms with van der Waals surface area (Å²) < 4.78 is 6.19. The number of hydrogen-bond donors (Lipinski definition) is 2. The number of ether oxygens (including phenoxy) is 1. The molecule has 3 rings (SSSR count). The second-order valence-corrected chi connectivity index (χ2v) is 6.38. The molecule has 7 heteroatoms. The van der Waals surface area contributed by atoms with Crippen LogP contribution < -0.4 is 15.8 Å². The maximum absolute atomic E-state index is 12.3. The van der Waals surface area contributed by atoms with Gasteiger partial charge in [0.2, 0.25) is 0 Å². The Hall–Kier alpha value is -2.93. The SMILES string of the molecule is Cc1nc2ccc(NC(=O)c3ccc(OCC(N)=O)cc3)cc2s1. The first-order chi connectivity index (χ1) is 11.5. The van der Waals surface area contributed by atoms with Crippen molar-refractivity contribution in [2.75, 3.05) is 11.9 Å². The molecule has 0 spiro atoms. The van der Waals surface area contributed by atoms with Crippen molar-refractivity contribution in [1.29, 1.82) is 0 Å². The number of aryl methyl sites for hydroxylation is 1. The zero-order valence-corrected chi connectivity index (χ0v) is 13.7. The smallest absolute Gasteiger partial charge is 0.255 e. The third-order valence-corrected chi connectivity index (χ3v) is 4.18. The first-order valence-electron chi connectivity index (χ1n) is 7.21. The Kier molecular flexibility index (Phi) is 4.43. The third-order valence-electron chi connectivity index (χ3n) is 3.25. The molecule has 0 unspecified atom stereocenters. The van der Waals surface area contributed by atoms with Gasteiger partial charge in [-0.2, -0.15) is 0 Å². The van der Waals surface area contributed by atoms with Crippen molar-refractivity contribution in [2.24, 2.45) is 5.73 Å². The first-order valence-corrected chi connectivity index (χ1v) is 8.02. The van der Waals surface area contributed by atoms with E-state index in [-0.39, 0.29) is 12.5 Å². The monoisotopic (exact) mass is 341 g/mol. The third kappa shape index (κ3) is 3.69. The van der Waals surface area contributed by atoms with E-state index in [1.165, 1.54) is 0 Å². The van der Waals surface area contributed by atoms with Crippen molar-refractivity contribution >= 4 is 39.1 Å². The van der Waals surface area contributed by atoms with E-state index in [0.29, 0.717) is 17.0 Å². The Bertz CT molecular complexity index is 903. The van der Waals surface area contributed by atoms with Crippen molar-refractivity contribution < 1.29 is 14.3 Å². The molecular weight excluding hydrogens is 326 g/mol. The zero-order chi connectivity index (χ0) is 17.1. The van der Waals surface area contributed by atoms with Crippen LogP contribution >= 0.6 is 11.3 Å². The number of fused-ring (bicyclic) bond motifs is 1. The van der Waals surface area contributed by atoms with Crippen molar-refractivity contribution in [2.45, 2.75) is 6.92 Å². The average Bonchev–Trinajstić information content (AvgIpc) is 2.92. The van der Waals surface area contributed by atoms with E-state index in [4.69, 9.17) is 10.5 Å². The van der Waals surface area contributed by atoms with Crippen LogP contribution in [0.1, 0.15) is 15.4 Å². The number of nitrogens with zero attached hydrogens (tertiary/aromatic N) is 1. The topological polar surface area (TPSA) is 94.3 Å². The Balaban J connectivity index is 1.70. The molecule has 0 aliphatic heterocycles. The van der Waals surface area contributed by atoms with Gasteiger partial charge in [-0.25, -0.2) is 4.98 Å². The van der Waals surface area contributed by atoms with Crippen LogP contribution in [0.3, 0.4) is 0 Å². The molecule has 0 saturated carbocycles. The van der Waals surface area contributed by atoms with Gasteiger partial charge in [0.25, 0.3) is 11.8 Å². The van der Waals surface area contributed by atoms with E-state index in [1.54, 1.807) is 35.6 Å². The number of thiazole rings is 1. The lowest BCUT2D eigenvalue weighted by Crippen LogP contribution is -2.20. The van der Waals surface area contributed by atoms with Crippen molar-refractivity contribution in [3.63, 3.8) is 0 Å². The summed E-state index contributed by atoms with van der Waals surface area (Å²) in [7, 11) is 0. The Morgan fingerprint density at radius 2 is 1.96 bits per heavy atom. The highest BCUT2D eigenvalue weighted by Crippen LogP contribution is 2.25. The summed E-state index contributed by atoms with van der Waals surface area (Å²) >= 11 is 1.58. The van der Waals surface area contributed by atoms with E-state index in [9.17, 15) is 9.59 Å². The highest BCUT2D eigenvalue weighted by atomic mass is 32.1. The second-order valence-electron chi connectivity index (χ2n) is 5.15. The number of rotatable bonds is 5. The minimum absolute atomic E-state index is 0.195. The number of anilines is 1. The number of amides is 2. The van der Waals surface area contributed by atoms with Crippen molar-refractivity contribution in [3.8, 4) is 5.75 Å². The average molecular weight is 341 g/mol. The molecule has 1 aromatic heterocycles. The number of primary amides is 1. The van der Waals surface area contributed by atoms with Gasteiger partial charge in [-0.1, -0.05) is 0 Å². The van der Waals surface area contributed by atoms with E-state index in [2.05, 4.69) is 10.3 Å². The predicted octanol–water partition coefficient (Wildman–Crippen LogP) is 2.72. The molecule has 0 saturated heterocycles. The highest BCUT2D eigenvalue weighted by Gasteiger charge is 2.08. The molecule has 0 atom stereocenters. The molecule has 2 aromatic carbocycles. The van der Waals surface area contributed by atoms with Crippen molar-refractivity contribution in [3.05, 3.63) is 53.0 Å². The molecule has 3 aromatic rings. The predicted molar refractivity (Wildman–Crippen MR) is 93.4 cm³/mol. The van der Waals surface area contributed by atoms with Crippen LogP contribution in [0.4, 0.5) is 5.69 Å². The van der Waals surface area contributed by atoms with Crippen LogP contribution in [0, 0.1) is 6.92 Å². The van der Waals surface area contributed by atoms with E-state index in [1.807, 2.05) is 25.1 Å². The van der Waals surface area contributed by atoms with Crippen LogP contribution in [-0.2, 0) is 4.79 Å². The van der Waals surface area contributed by atoms with Crippen LogP contribution in [0.25, 0.3) is 10.2 Å². The molecule has 2 amide bonds. The minimum Gasteiger partial charge on any atom is -0.484 e. The number of benzene rings is 2. The van der Waals surface area contributed by atoms with E-state index in [0.717, 1.165) is 15.2 Å². The van der Waals surface area contributed by atoms with Gasteiger partial charge in [0.1, 0.15) is 5.75 Å². The molecule has 122 valence electrons. The lowest BCUT2D eigenvalue weighted by Gasteiger charge is -2.07. The summed E-state index contributed by atoms with van der Waals surface area (Å²) in [6, 6.07) is 12.1. The first kappa shape index (κ1) is 15.9. The standard InChI is InChI=1S/C17H15N3O3S/c1-10-19-14-7-4-12(8-15(14)24-10)20-17(22)11-2-5-13(6-3-11)23-9-16(18)21/h2-8H,9H2,1H3,(H2,18,21)(H,20,22). The van der Waals surface area contributed by atoms with Gasteiger partial charge in [0.05, 0.1) is 15.2 Å². The molecule has 3 N–H and O–H groups in total. The van der Waals surface area contributed by atoms with Crippen molar-refractivity contribution in [1.82, 2.24) is 4.98 Å². The van der Waals surface area contributed by atoms with Gasteiger partial charge in [0.15, 0.2) is 6.61 Å². The fourth-order valence-corrected chi connectivity index (χ4v) is 3.04. The fourth-order valence-electron chi connectivity index (χ4n) is 2.18. The van der Waals surface area contributed by atoms with Gasteiger partial charge in [0, 0.05) is 11.3 Å². The quantitative estimate of drug-likeness (QED) is 0.746. The molecule has 0 radical (unpaired) electrons.